The van der Waals surface area contributed by atoms with E-state index in [1.54, 1.807) is 0 Å². The largest absolute Gasteiger partial charge is 0.360 e. The Bertz CT molecular complexity index is 930. The van der Waals surface area contributed by atoms with Crippen LogP contribution in [0.2, 0.25) is 15.1 Å². The topological polar surface area (TPSA) is 45.1 Å². The van der Waals surface area contributed by atoms with Gasteiger partial charge in [-0.05, 0) is 36.8 Å². The van der Waals surface area contributed by atoms with Gasteiger partial charge in [0.25, 0.3) is 11.8 Å². The first-order valence-electron chi connectivity index (χ1n) is 9.05. The second-order valence-electron chi connectivity index (χ2n) is 7.18. The number of carbonyl (C=O) groups excluding carboxylic acids is 2. The van der Waals surface area contributed by atoms with Crippen LogP contribution in [0.5, 0.6) is 0 Å². The van der Waals surface area contributed by atoms with Crippen LogP contribution in [0.15, 0.2) is 30.3 Å². The summed E-state index contributed by atoms with van der Waals surface area (Å²) in [5, 5.41) is 1.28. The number of carbonyl (C=O) groups is 2. The Hall–Kier alpha value is -1.79. The van der Waals surface area contributed by atoms with Crippen molar-refractivity contribution < 1.29 is 14.5 Å². The Morgan fingerprint density at radius 1 is 0.929 bits per heavy atom. The van der Waals surface area contributed by atoms with Crippen LogP contribution >= 0.6 is 34.8 Å². The Labute approximate surface area is 178 Å². The number of hydrogen-bond acceptors (Lipinski definition) is 3. The molecule has 146 valence electrons. The quantitative estimate of drug-likeness (QED) is 0.748. The van der Waals surface area contributed by atoms with E-state index in [0.29, 0.717) is 17.8 Å². The van der Waals surface area contributed by atoms with Gasteiger partial charge in [0.15, 0.2) is 6.67 Å². The van der Waals surface area contributed by atoms with Crippen LogP contribution in [-0.2, 0) is 0 Å². The van der Waals surface area contributed by atoms with E-state index in [0.717, 1.165) is 36.9 Å². The molecule has 8 heteroatoms. The van der Waals surface area contributed by atoms with Gasteiger partial charge in [0.2, 0.25) is 0 Å². The van der Waals surface area contributed by atoms with E-state index >= 15 is 0 Å². The SMILES string of the molecule is Cc1ccc(Cl)cc1N1CC[NH+](CN2C(=O)c3cc(Cl)c(Cl)cc3C2=O)CC1. The van der Waals surface area contributed by atoms with Crippen LogP contribution in [0.25, 0.3) is 0 Å². The van der Waals surface area contributed by atoms with Gasteiger partial charge in [-0.25, -0.2) is 4.90 Å². The van der Waals surface area contributed by atoms with Crippen LogP contribution in [0, 0.1) is 6.92 Å². The van der Waals surface area contributed by atoms with Gasteiger partial charge in [0.1, 0.15) is 0 Å². The molecule has 0 spiro atoms. The number of aryl methyl sites for hydroxylation is 1. The second-order valence-corrected chi connectivity index (χ2v) is 8.43. The Balaban J connectivity index is 1.44. The first kappa shape index (κ1) is 19.5. The Kier molecular flexibility index (Phi) is 5.27. The summed E-state index contributed by atoms with van der Waals surface area (Å²) < 4.78 is 0. The van der Waals surface area contributed by atoms with Crippen molar-refractivity contribution >= 4 is 52.3 Å². The number of anilines is 1. The molecule has 28 heavy (non-hydrogen) atoms. The van der Waals surface area contributed by atoms with Crippen molar-refractivity contribution in [2.45, 2.75) is 6.92 Å². The minimum absolute atomic E-state index is 0.279. The third-order valence-corrected chi connectivity index (χ3v) is 6.33. The third-order valence-electron chi connectivity index (χ3n) is 5.38. The lowest BCUT2D eigenvalue weighted by Gasteiger charge is -2.35. The van der Waals surface area contributed by atoms with Crippen LogP contribution < -0.4 is 9.80 Å². The number of imide groups is 1. The highest BCUT2D eigenvalue weighted by Gasteiger charge is 2.39. The monoisotopic (exact) mass is 438 g/mol. The summed E-state index contributed by atoms with van der Waals surface area (Å²) in [5.41, 5.74) is 2.97. The summed E-state index contributed by atoms with van der Waals surface area (Å²) in [6.45, 7) is 5.71. The highest BCUT2D eigenvalue weighted by atomic mass is 35.5. The maximum Gasteiger partial charge on any atom is 0.266 e. The number of amides is 2. The molecule has 1 N–H and O–H groups in total. The molecule has 4 rings (SSSR count). The standard InChI is InChI=1S/C20H18Cl3N3O2/c1-12-2-3-13(21)8-18(12)25-6-4-24(5-7-25)11-26-19(27)14-9-16(22)17(23)10-15(14)20(26)28/h2-3,8-10H,4-7,11H2,1H3/p+1. The zero-order chi connectivity index (χ0) is 20.0. The van der Waals surface area contributed by atoms with Crippen molar-refractivity contribution in [3.8, 4) is 0 Å². The summed E-state index contributed by atoms with van der Waals surface area (Å²) in [6.07, 6.45) is 0. The van der Waals surface area contributed by atoms with Crippen molar-refractivity contribution in [1.82, 2.24) is 4.90 Å². The van der Waals surface area contributed by atoms with Crippen LogP contribution in [-0.4, -0.2) is 49.6 Å². The molecule has 0 atom stereocenters. The average Bonchev–Trinajstić information content (AvgIpc) is 2.89. The number of nitrogens with one attached hydrogen (secondary N) is 1. The summed E-state index contributed by atoms with van der Waals surface area (Å²) in [5.74, 6) is -0.613. The summed E-state index contributed by atoms with van der Waals surface area (Å²) in [6, 6.07) is 8.86. The van der Waals surface area contributed by atoms with Gasteiger partial charge in [0.05, 0.1) is 47.4 Å². The average molecular weight is 440 g/mol. The minimum Gasteiger partial charge on any atom is -0.360 e. The van der Waals surface area contributed by atoms with E-state index in [-0.39, 0.29) is 21.9 Å². The van der Waals surface area contributed by atoms with Gasteiger partial charge in [-0.3, -0.25) is 9.59 Å². The second kappa shape index (κ2) is 7.56. The molecule has 0 saturated carbocycles. The van der Waals surface area contributed by atoms with Crippen molar-refractivity contribution in [3.05, 3.63) is 62.1 Å². The molecule has 0 aliphatic carbocycles. The zero-order valence-electron chi connectivity index (χ0n) is 15.3. The molecule has 1 fully saturated rings. The normalized spacial score (nSPS) is 17.4. The summed E-state index contributed by atoms with van der Waals surface area (Å²) in [4.78, 5) is 30.1. The van der Waals surface area contributed by atoms with E-state index in [1.807, 2.05) is 18.2 Å². The number of hydrogen-bond donors (Lipinski definition) is 1. The van der Waals surface area contributed by atoms with Crippen LogP contribution in [0.1, 0.15) is 26.3 Å². The molecule has 2 aromatic carbocycles. The fourth-order valence-corrected chi connectivity index (χ4v) is 4.29. The number of fused-ring (bicyclic) bond motifs is 1. The van der Waals surface area contributed by atoms with Crippen molar-refractivity contribution in [2.75, 3.05) is 37.7 Å². The molecule has 2 aliphatic heterocycles. The highest BCUT2D eigenvalue weighted by Crippen LogP contribution is 2.31. The van der Waals surface area contributed by atoms with E-state index < -0.39 is 0 Å². The van der Waals surface area contributed by atoms with Gasteiger partial charge < -0.3 is 9.80 Å². The van der Waals surface area contributed by atoms with Gasteiger partial charge in [-0.2, -0.15) is 0 Å². The summed E-state index contributed by atoms with van der Waals surface area (Å²) in [7, 11) is 0. The molecule has 2 heterocycles. The summed E-state index contributed by atoms with van der Waals surface area (Å²) >= 11 is 18.2. The third kappa shape index (κ3) is 3.48. The van der Waals surface area contributed by atoms with E-state index in [4.69, 9.17) is 34.8 Å². The maximum absolute atomic E-state index is 12.7. The predicted octanol–water partition coefficient (Wildman–Crippen LogP) is 2.91. The molecule has 2 aromatic rings. The molecule has 2 amide bonds. The van der Waals surface area contributed by atoms with Crippen LogP contribution in [0.4, 0.5) is 5.69 Å². The molecular formula is C20H19Cl3N3O2+. The van der Waals surface area contributed by atoms with E-state index in [1.165, 1.54) is 27.5 Å². The molecular weight excluding hydrogens is 421 g/mol. The van der Waals surface area contributed by atoms with Crippen molar-refractivity contribution in [2.24, 2.45) is 0 Å². The van der Waals surface area contributed by atoms with Gasteiger partial charge in [0, 0.05) is 10.7 Å². The molecule has 5 nitrogen and oxygen atoms in total. The minimum atomic E-state index is -0.306. The van der Waals surface area contributed by atoms with E-state index in [9.17, 15) is 9.59 Å². The number of quaternary nitrogens is 1. The fourth-order valence-electron chi connectivity index (χ4n) is 3.80. The molecule has 0 aromatic heterocycles. The lowest BCUT2D eigenvalue weighted by molar-refractivity contribution is -0.907. The lowest BCUT2D eigenvalue weighted by Crippen LogP contribution is -3.16. The van der Waals surface area contributed by atoms with Gasteiger partial charge in [-0.1, -0.05) is 40.9 Å². The first-order chi connectivity index (χ1) is 13.3. The Morgan fingerprint density at radius 2 is 1.50 bits per heavy atom. The predicted molar refractivity (Wildman–Crippen MR) is 111 cm³/mol. The van der Waals surface area contributed by atoms with E-state index in [2.05, 4.69) is 11.8 Å². The maximum atomic E-state index is 12.7. The number of piperazine rings is 1. The van der Waals surface area contributed by atoms with Crippen LogP contribution in [0.3, 0.4) is 0 Å². The molecule has 2 aliphatic rings. The highest BCUT2D eigenvalue weighted by molar-refractivity contribution is 6.43. The van der Waals surface area contributed by atoms with Crippen molar-refractivity contribution in [3.63, 3.8) is 0 Å². The molecule has 1 saturated heterocycles. The lowest BCUT2D eigenvalue weighted by atomic mass is 10.1. The van der Waals surface area contributed by atoms with Gasteiger partial charge in [-0.15, -0.1) is 0 Å². The fraction of sp³-hybridized carbons (Fsp3) is 0.300. The first-order valence-corrected chi connectivity index (χ1v) is 10.2. The molecule has 0 radical (unpaired) electrons. The number of nitrogens with zero attached hydrogens (tertiary/aromatic N) is 2. The van der Waals surface area contributed by atoms with Crippen molar-refractivity contribution in [1.29, 1.82) is 0 Å². The molecule has 0 unspecified atom stereocenters. The molecule has 0 bridgehead atoms. The number of benzene rings is 2. The zero-order valence-corrected chi connectivity index (χ0v) is 17.5. The number of halogens is 3. The smallest absolute Gasteiger partial charge is 0.266 e. The van der Waals surface area contributed by atoms with Gasteiger partial charge >= 0.3 is 0 Å². The Morgan fingerprint density at radius 3 is 2.07 bits per heavy atom. The number of rotatable bonds is 3.